The van der Waals surface area contributed by atoms with Crippen LogP contribution in [0, 0.1) is 13.8 Å². The maximum Gasteiger partial charge on any atom is 0.195 e. The molecule has 0 fully saturated rings. The third-order valence-electron chi connectivity index (χ3n) is 1.35. The molecule has 0 spiro atoms. The average molecular weight is 207 g/mol. The molecule has 1 aromatic rings. The Morgan fingerprint density at radius 3 is 2.50 bits per heavy atom. The molecule has 0 saturated heterocycles. The summed E-state index contributed by atoms with van der Waals surface area (Å²) < 4.78 is 0. The molecule has 0 aromatic carbocycles. The van der Waals surface area contributed by atoms with Gasteiger partial charge >= 0.3 is 0 Å². The van der Waals surface area contributed by atoms with Gasteiger partial charge < -0.3 is 5.73 Å². The molecule has 0 saturated carbocycles. The summed E-state index contributed by atoms with van der Waals surface area (Å²) in [6.07, 6.45) is 0. The summed E-state index contributed by atoms with van der Waals surface area (Å²) in [6, 6.07) is 0. The SMILES string of the molecule is Cc1nc(C(=O)CN)c(C)s1.Cl. The fourth-order valence-electron chi connectivity index (χ4n) is 0.884. The second-order valence-corrected chi connectivity index (χ2v) is 3.67. The van der Waals surface area contributed by atoms with Crippen molar-refractivity contribution in [3.8, 4) is 0 Å². The van der Waals surface area contributed by atoms with Gasteiger partial charge in [-0.25, -0.2) is 4.98 Å². The van der Waals surface area contributed by atoms with Gasteiger partial charge in [0.15, 0.2) is 5.78 Å². The largest absolute Gasteiger partial charge is 0.324 e. The molecule has 68 valence electrons. The highest BCUT2D eigenvalue weighted by Gasteiger charge is 2.11. The van der Waals surface area contributed by atoms with Gasteiger partial charge in [-0.15, -0.1) is 23.7 Å². The molecule has 1 heterocycles. The number of ketones is 1. The van der Waals surface area contributed by atoms with E-state index in [-0.39, 0.29) is 24.7 Å². The van der Waals surface area contributed by atoms with Crippen LogP contribution in [0.3, 0.4) is 0 Å². The summed E-state index contributed by atoms with van der Waals surface area (Å²) >= 11 is 1.53. The molecule has 0 radical (unpaired) electrons. The van der Waals surface area contributed by atoms with Crippen LogP contribution in [0.15, 0.2) is 0 Å². The minimum Gasteiger partial charge on any atom is -0.324 e. The van der Waals surface area contributed by atoms with Crippen molar-refractivity contribution in [3.05, 3.63) is 15.6 Å². The normalized spacial score (nSPS) is 9.25. The minimum atomic E-state index is -0.0770. The number of nitrogens with two attached hydrogens (primary N) is 1. The van der Waals surface area contributed by atoms with E-state index in [1.807, 2.05) is 13.8 Å². The number of nitrogens with zero attached hydrogens (tertiary/aromatic N) is 1. The first kappa shape index (κ1) is 11.6. The molecule has 12 heavy (non-hydrogen) atoms. The van der Waals surface area contributed by atoms with Crippen molar-refractivity contribution >= 4 is 29.5 Å². The number of halogens is 1. The highest BCUT2D eigenvalue weighted by atomic mass is 35.5. The van der Waals surface area contributed by atoms with E-state index < -0.39 is 0 Å². The Morgan fingerprint density at radius 2 is 2.17 bits per heavy atom. The van der Waals surface area contributed by atoms with Crippen LogP contribution >= 0.6 is 23.7 Å². The van der Waals surface area contributed by atoms with Crippen LogP contribution in [0.1, 0.15) is 20.4 Å². The van der Waals surface area contributed by atoms with Crippen LogP contribution in [0.25, 0.3) is 0 Å². The van der Waals surface area contributed by atoms with Gasteiger partial charge in [-0.2, -0.15) is 0 Å². The number of aromatic nitrogens is 1. The second-order valence-electron chi connectivity index (χ2n) is 2.26. The van der Waals surface area contributed by atoms with E-state index in [1.165, 1.54) is 11.3 Å². The van der Waals surface area contributed by atoms with Crippen LogP contribution in [-0.4, -0.2) is 17.3 Å². The molecule has 0 aliphatic carbocycles. The molecule has 0 aliphatic rings. The van der Waals surface area contributed by atoms with Crippen LogP contribution in [0.5, 0.6) is 0 Å². The quantitative estimate of drug-likeness (QED) is 0.743. The molecule has 0 bridgehead atoms. The standard InChI is InChI=1S/C7H10N2OS.ClH/c1-4-7(6(10)3-8)9-5(2)11-4;/h3,8H2,1-2H3;1H. The highest BCUT2D eigenvalue weighted by Crippen LogP contribution is 2.16. The number of carbonyl (C=O) groups is 1. The lowest BCUT2D eigenvalue weighted by Gasteiger charge is -1.90. The molecule has 1 aromatic heterocycles. The van der Waals surface area contributed by atoms with Gasteiger partial charge in [0.2, 0.25) is 0 Å². The van der Waals surface area contributed by atoms with Crippen molar-refractivity contribution in [1.82, 2.24) is 4.98 Å². The number of aryl methyl sites for hydroxylation is 2. The van der Waals surface area contributed by atoms with Crippen molar-refractivity contribution in [2.24, 2.45) is 5.73 Å². The Kier molecular flexibility index (Phi) is 4.37. The van der Waals surface area contributed by atoms with Gasteiger partial charge in [-0.3, -0.25) is 4.79 Å². The predicted octanol–water partition coefficient (Wildman–Crippen LogP) is 1.32. The number of rotatable bonds is 2. The number of hydrogen-bond acceptors (Lipinski definition) is 4. The Bertz CT molecular complexity index is 285. The number of thiazole rings is 1. The zero-order valence-electron chi connectivity index (χ0n) is 6.96. The third-order valence-corrected chi connectivity index (χ3v) is 2.24. The zero-order valence-corrected chi connectivity index (χ0v) is 8.59. The lowest BCUT2D eigenvalue weighted by molar-refractivity contribution is 0.0996. The summed E-state index contributed by atoms with van der Waals surface area (Å²) in [5, 5.41) is 0.916. The first-order valence-electron chi connectivity index (χ1n) is 3.32. The summed E-state index contributed by atoms with van der Waals surface area (Å²) in [6.45, 7) is 3.81. The number of carbonyl (C=O) groups excluding carboxylic acids is 1. The van der Waals surface area contributed by atoms with Crippen molar-refractivity contribution in [1.29, 1.82) is 0 Å². The fourth-order valence-corrected chi connectivity index (χ4v) is 1.72. The van der Waals surface area contributed by atoms with Crippen LogP contribution in [0.4, 0.5) is 0 Å². The number of Topliss-reactive ketones (excluding diaryl/α,β-unsaturated/α-hetero) is 1. The fraction of sp³-hybridized carbons (Fsp3) is 0.429. The molecular weight excluding hydrogens is 196 g/mol. The van der Waals surface area contributed by atoms with Crippen LogP contribution in [-0.2, 0) is 0 Å². The van der Waals surface area contributed by atoms with Crippen molar-refractivity contribution in [2.75, 3.05) is 6.54 Å². The molecule has 2 N–H and O–H groups in total. The first-order valence-corrected chi connectivity index (χ1v) is 4.14. The van der Waals surface area contributed by atoms with Crippen molar-refractivity contribution in [2.45, 2.75) is 13.8 Å². The zero-order chi connectivity index (χ0) is 8.43. The maximum absolute atomic E-state index is 11.1. The van der Waals surface area contributed by atoms with Crippen LogP contribution < -0.4 is 5.73 Å². The second kappa shape index (κ2) is 4.54. The van der Waals surface area contributed by atoms with Crippen molar-refractivity contribution in [3.63, 3.8) is 0 Å². The lowest BCUT2D eigenvalue weighted by atomic mass is 10.2. The van der Waals surface area contributed by atoms with E-state index in [9.17, 15) is 4.79 Å². The summed E-state index contributed by atoms with van der Waals surface area (Å²) in [4.78, 5) is 16.1. The topological polar surface area (TPSA) is 56.0 Å². The molecule has 0 amide bonds. The molecule has 1 rings (SSSR count). The maximum atomic E-state index is 11.1. The van der Waals surface area contributed by atoms with Gasteiger partial charge in [0.25, 0.3) is 0 Å². The van der Waals surface area contributed by atoms with E-state index in [0.29, 0.717) is 5.69 Å². The molecular formula is C7H11ClN2OS. The summed E-state index contributed by atoms with van der Waals surface area (Å²) in [5.74, 6) is -0.0770. The Hall–Kier alpha value is -0.450. The monoisotopic (exact) mass is 206 g/mol. The number of hydrogen-bond donors (Lipinski definition) is 1. The van der Waals surface area contributed by atoms with E-state index in [0.717, 1.165) is 9.88 Å². The van der Waals surface area contributed by atoms with Gasteiger partial charge in [-0.05, 0) is 13.8 Å². The molecule has 5 heteroatoms. The van der Waals surface area contributed by atoms with E-state index in [2.05, 4.69) is 4.98 Å². The molecule has 0 atom stereocenters. The summed E-state index contributed by atoms with van der Waals surface area (Å²) in [5.41, 5.74) is 5.73. The minimum absolute atomic E-state index is 0. The molecule has 3 nitrogen and oxygen atoms in total. The van der Waals surface area contributed by atoms with E-state index in [1.54, 1.807) is 0 Å². The van der Waals surface area contributed by atoms with Gasteiger partial charge in [0.05, 0.1) is 11.6 Å². The Balaban J connectivity index is 0.00000121. The van der Waals surface area contributed by atoms with E-state index in [4.69, 9.17) is 5.73 Å². The Morgan fingerprint density at radius 1 is 1.58 bits per heavy atom. The highest BCUT2D eigenvalue weighted by molar-refractivity contribution is 7.11. The van der Waals surface area contributed by atoms with Crippen LogP contribution in [0.2, 0.25) is 0 Å². The lowest BCUT2D eigenvalue weighted by Crippen LogP contribution is -2.14. The Labute approximate surface area is 81.4 Å². The molecule has 0 aliphatic heterocycles. The van der Waals surface area contributed by atoms with Gasteiger partial charge in [0, 0.05) is 4.88 Å². The van der Waals surface area contributed by atoms with Gasteiger partial charge in [0.1, 0.15) is 5.69 Å². The third kappa shape index (κ3) is 2.27. The smallest absolute Gasteiger partial charge is 0.195 e. The summed E-state index contributed by atoms with van der Waals surface area (Å²) in [7, 11) is 0. The van der Waals surface area contributed by atoms with Gasteiger partial charge in [-0.1, -0.05) is 0 Å². The average Bonchev–Trinajstić information content (AvgIpc) is 2.28. The van der Waals surface area contributed by atoms with E-state index >= 15 is 0 Å². The van der Waals surface area contributed by atoms with Crippen molar-refractivity contribution < 1.29 is 4.79 Å². The molecule has 0 unspecified atom stereocenters. The first-order chi connectivity index (χ1) is 5.15. The predicted molar refractivity (Wildman–Crippen MR) is 52.2 cm³/mol.